The van der Waals surface area contributed by atoms with E-state index in [1.54, 1.807) is 6.07 Å². The van der Waals surface area contributed by atoms with E-state index in [2.05, 4.69) is 25.7 Å². The Labute approximate surface area is 111 Å². The number of hydrogen-bond acceptors (Lipinski definition) is 3. The molecule has 0 spiro atoms. The summed E-state index contributed by atoms with van der Waals surface area (Å²) < 4.78 is 5.14. The molecule has 0 aliphatic carbocycles. The van der Waals surface area contributed by atoms with E-state index >= 15 is 0 Å². The van der Waals surface area contributed by atoms with E-state index in [0.717, 1.165) is 18.1 Å². The van der Waals surface area contributed by atoms with Gasteiger partial charge in [-0.1, -0.05) is 6.92 Å². The van der Waals surface area contributed by atoms with Crippen LogP contribution >= 0.6 is 15.9 Å². The number of carbonyl (C=O) groups is 1. The van der Waals surface area contributed by atoms with Crippen LogP contribution in [-0.4, -0.2) is 16.2 Å². The summed E-state index contributed by atoms with van der Waals surface area (Å²) in [4.78, 5) is 25.1. The Morgan fingerprint density at radius 2 is 2.17 bits per heavy atom. The summed E-state index contributed by atoms with van der Waals surface area (Å²) in [5, 5.41) is 9.01. The van der Waals surface area contributed by atoms with Crippen LogP contribution in [0.2, 0.25) is 0 Å². The Morgan fingerprint density at radius 3 is 2.78 bits per heavy atom. The van der Waals surface area contributed by atoms with Crippen molar-refractivity contribution in [3.8, 4) is 5.88 Å². The van der Waals surface area contributed by atoms with Crippen molar-refractivity contribution in [2.75, 3.05) is 0 Å². The van der Waals surface area contributed by atoms with E-state index < -0.39 is 6.16 Å². The van der Waals surface area contributed by atoms with Crippen LogP contribution in [0.3, 0.4) is 0 Å². The van der Waals surface area contributed by atoms with Gasteiger partial charge < -0.3 is 14.8 Å². The van der Waals surface area contributed by atoms with E-state index in [4.69, 9.17) is 5.11 Å². The number of aromatic nitrogens is 1. The summed E-state index contributed by atoms with van der Waals surface area (Å²) in [6, 6.07) is 4.79. The zero-order valence-corrected chi connectivity index (χ0v) is 11.1. The molecule has 2 N–H and O–H groups in total. The number of nitrogens with one attached hydrogen (secondary N) is 1. The standard InChI is InChI=1S/C12H10BrNO4/c1-2-6-3-7(13)11-8(4-6)14-10(5-9(11)15)18-12(16)17/h3-5H,2H2,1H3,(H,14,15)(H,16,17). The third-order valence-corrected chi connectivity index (χ3v) is 3.15. The van der Waals surface area contributed by atoms with Crippen LogP contribution in [0.4, 0.5) is 4.79 Å². The van der Waals surface area contributed by atoms with Crippen LogP contribution < -0.4 is 10.2 Å². The van der Waals surface area contributed by atoms with E-state index in [0.29, 0.717) is 15.4 Å². The molecule has 94 valence electrons. The Hall–Kier alpha value is -1.82. The zero-order chi connectivity index (χ0) is 13.3. The number of pyridine rings is 1. The van der Waals surface area contributed by atoms with Crippen LogP contribution in [0.15, 0.2) is 27.5 Å². The lowest BCUT2D eigenvalue weighted by molar-refractivity contribution is 0.142. The zero-order valence-electron chi connectivity index (χ0n) is 9.49. The molecule has 0 atom stereocenters. The number of aromatic amines is 1. The molecule has 0 radical (unpaired) electrons. The van der Waals surface area contributed by atoms with Crippen LogP contribution in [0, 0.1) is 0 Å². The molecule has 2 aromatic rings. The average Bonchev–Trinajstić information content (AvgIpc) is 2.26. The topological polar surface area (TPSA) is 79.4 Å². The first kappa shape index (κ1) is 12.6. The number of fused-ring (bicyclic) bond motifs is 1. The van der Waals surface area contributed by atoms with Crippen molar-refractivity contribution < 1.29 is 14.6 Å². The van der Waals surface area contributed by atoms with Gasteiger partial charge in [-0.2, -0.15) is 0 Å². The summed E-state index contributed by atoms with van der Waals surface area (Å²) in [5.41, 5.74) is 1.28. The molecule has 0 amide bonds. The number of aryl methyl sites for hydroxylation is 1. The normalized spacial score (nSPS) is 10.6. The summed E-state index contributed by atoms with van der Waals surface area (Å²) in [6.07, 6.45) is -0.656. The lowest BCUT2D eigenvalue weighted by Gasteiger charge is -2.06. The van der Waals surface area contributed by atoms with Crippen LogP contribution in [0.5, 0.6) is 5.88 Å². The van der Waals surface area contributed by atoms with E-state index in [1.807, 2.05) is 13.0 Å². The number of rotatable bonds is 2. The van der Waals surface area contributed by atoms with Gasteiger partial charge in [0, 0.05) is 10.5 Å². The molecule has 1 aromatic carbocycles. The summed E-state index contributed by atoms with van der Waals surface area (Å²) in [6.45, 7) is 1.99. The second kappa shape index (κ2) is 4.81. The largest absolute Gasteiger partial charge is 0.512 e. The molecule has 1 heterocycles. The predicted molar refractivity (Wildman–Crippen MR) is 70.3 cm³/mol. The molecule has 0 aliphatic heterocycles. The third kappa shape index (κ3) is 2.38. The molecule has 0 bridgehead atoms. The van der Waals surface area contributed by atoms with Crippen molar-refractivity contribution in [3.05, 3.63) is 38.5 Å². The Morgan fingerprint density at radius 1 is 1.44 bits per heavy atom. The lowest BCUT2D eigenvalue weighted by Crippen LogP contribution is -2.09. The fraction of sp³-hybridized carbons (Fsp3) is 0.167. The lowest BCUT2D eigenvalue weighted by atomic mass is 10.1. The van der Waals surface area contributed by atoms with Gasteiger partial charge in [0.05, 0.1) is 10.9 Å². The molecular formula is C12H10BrNO4. The number of ether oxygens (including phenoxy) is 1. The van der Waals surface area contributed by atoms with Crippen LogP contribution in [0.25, 0.3) is 10.9 Å². The average molecular weight is 312 g/mol. The van der Waals surface area contributed by atoms with Gasteiger partial charge in [0.1, 0.15) is 0 Å². The van der Waals surface area contributed by atoms with Gasteiger partial charge in [-0.25, -0.2) is 4.79 Å². The predicted octanol–water partition coefficient (Wildman–Crippen LogP) is 2.91. The fourth-order valence-corrected chi connectivity index (χ4v) is 2.43. The fourth-order valence-electron chi connectivity index (χ4n) is 1.73. The van der Waals surface area contributed by atoms with Gasteiger partial charge in [0.15, 0.2) is 5.43 Å². The molecule has 18 heavy (non-hydrogen) atoms. The van der Waals surface area contributed by atoms with Crippen molar-refractivity contribution in [3.63, 3.8) is 0 Å². The van der Waals surface area contributed by atoms with Gasteiger partial charge in [-0.05, 0) is 40.0 Å². The van der Waals surface area contributed by atoms with E-state index in [9.17, 15) is 9.59 Å². The van der Waals surface area contributed by atoms with Crippen LogP contribution in [-0.2, 0) is 6.42 Å². The highest BCUT2D eigenvalue weighted by Gasteiger charge is 2.10. The van der Waals surface area contributed by atoms with Gasteiger partial charge in [0.2, 0.25) is 5.88 Å². The van der Waals surface area contributed by atoms with Crippen molar-refractivity contribution in [2.45, 2.75) is 13.3 Å². The number of hydrogen-bond donors (Lipinski definition) is 2. The first-order valence-electron chi connectivity index (χ1n) is 5.27. The van der Waals surface area contributed by atoms with Gasteiger partial charge in [0.25, 0.3) is 0 Å². The minimum atomic E-state index is -1.46. The molecule has 0 fully saturated rings. The second-order valence-electron chi connectivity index (χ2n) is 3.72. The van der Waals surface area contributed by atoms with Gasteiger partial charge in [-0.3, -0.25) is 4.79 Å². The minimum Gasteiger partial charge on any atom is -0.449 e. The van der Waals surface area contributed by atoms with Crippen LogP contribution in [0.1, 0.15) is 12.5 Å². The highest BCUT2D eigenvalue weighted by atomic mass is 79.9. The Kier molecular flexibility index (Phi) is 3.38. The highest BCUT2D eigenvalue weighted by molar-refractivity contribution is 9.10. The maximum atomic E-state index is 11.9. The molecule has 0 saturated heterocycles. The smallest absolute Gasteiger partial charge is 0.449 e. The Balaban J connectivity index is 2.70. The monoisotopic (exact) mass is 311 g/mol. The first-order valence-corrected chi connectivity index (χ1v) is 6.06. The van der Waals surface area contributed by atoms with E-state index in [-0.39, 0.29) is 11.3 Å². The van der Waals surface area contributed by atoms with Gasteiger partial charge >= 0.3 is 6.16 Å². The number of H-pyrrole nitrogens is 1. The molecule has 2 rings (SSSR count). The highest BCUT2D eigenvalue weighted by Crippen LogP contribution is 2.24. The molecule has 0 saturated carbocycles. The van der Waals surface area contributed by atoms with Gasteiger partial charge in [-0.15, -0.1) is 0 Å². The molecule has 0 aliphatic rings. The molecular weight excluding hydrogens is 302 g/mol. The SMILES string of the molecule is CCc1cc(Br)c2c(=O)cc(OC(=O)O)[nH]c2c1. The van der Waals surface area contributed by atoms with Crippen molar-refractivity contribution >= 4 is 33.0 Å². The maximum absolute atomic E-state index is 11.9. The maximum Gasteiger partial charge on any atom is 0.512 e. The summed E-state index contributed by atoms with van der Waals surface area (Å²) >= 11 is 3.34. The Bertz CT molecular complexity index is 678. The van der Waals surface area contributed by atoms with Crippen molar-refractivity contribution in [1.29, 1.82) is 0 Å². The molecule has 5 nitrogen and oxygen atoms in total. The van der Waals surface area contributed by atoms with Crippen molar-refractivity contribution in [1.82, 2.24) is 4.98 Å². The quantitative estimate of drug-likeness (QED) is 0.836. The number of benzene rings is 1. The second-order valence-corrected chi connectivity index (χ2v) is 4.57. The van der Waals surface area contributed by atoms with Crippen molar-refractivity contribution in [2.24, 2.45) is 0 Å². The summed E-state index contributed by atoms with van der Waals surface area (Å²) in [7, 11) is 0. The number of carboxylic acid groups (broad SMARTS) is 1. The number of halogens is 1. The third-order valence-electron chi connectivity index (χ3n) is 2.52. The molecule has 1 aromatic heterocycles. The molecule has 6 heteroatoms. The molecule has 0 unspecified atom stereocenters. The summed E-state index contributed by atoms with van der Waals surface area (Å²) in [5.74, 6) is -0.0832. The first-order chi connectivity index (χ1) is 8.51. The van der Waals surface area contributed by atoms with E-state index in [1.165, 1.54) is 0 Å². The minimum absolute atomic E-state index is 0.0832.